The molecule has 0 bridgehead atoms. The Kier molecular flexibility index (Phi) is 11.3. The van der Waals surface area contributed by atoms with Crippen molar-refractivity contribution < 1.29 is 21.8 Å². The molecule has 2 aromatic rings. The molecule has 6 nitrogen and oxygen atoms in total. The summed E-state index contributed by atoms with van der Waals surface area (Å²) in [5.41, 5.74) is 5.23. The zero-order valence-corrected chi connectivity index (χ0v) is 23.3. The fraction of sp³-hybridized carbons (Fsp3) is 0.393. The van der Waals surface area contributed by atoms with E-state index in [4.69, 9.17) is 16.9 Å². The van der Waals surface area contributed by atoms with Crippen molar-refractivity contribution in [3.8, 4) is 5.97 Å². The molecule has 2 aliphatic heterocycles. The van der Waals surface area contributed by atoms with Gasteiger partial charge in [-0.05, 0) is 68.9 Å². The first-order chi connectivity index (χ1) is 19.1. The van der Waals surface area contributed by atoms with Crippen molar-refractivity contribution in [3.05, 3.63) is 83.0 Å². The van der Waals surface area contributed by atoms with Gasteiger partial charge in [-0.15, -0.1) is 0 Å². The van der Waals surface area contributed by atoms with Gasteiger partial charge in [0.2, 0.25) is 0 Å². The first-order valence-corrected chi connectivity index (χ1v) is 14.4. The number of benzene rings is 2. The van der Waals surface area contributed by atoms with Gasteiger partial charge >= 0.3 is 0 Å². The van der Waals surface area contributed by atoms with Crippen LogP contribution < -0.4 is 15.2 Å². The summed E-state index contributed by atoms with van der Waals surface area (Å²) in [6.07, 6.45) is 0.260. The number of piperidine rings is 1. The highest BCUT2D eigenvalue weighted by atomic mass is 35.5. The number of hydrazine groups is 1. The summed E-state index contributed by atoms with van der Waals surface area (Å²) >= 11 is 6.03. The van der Waals surface area contributed by atoms with E-state index >= 15 is 4.39 Å². The van der Waals surface area contributed by atoms with Crippen molar-refractivity contribution in [2.75, 3.05) is 17.4 Å². The van der Waals surface area contributed by atoms with Gasteiger partial charge < -0.3 is 10.3 Å². The molecule has 41 heavy (non-hydrogen) atoms. The van der Waals surface area contributed by atoms with E-state index in [1.807, 2.05) is 0 Å². The van der Waals surface area contributed by atoms with Crippen LogP contribution in [0.1, 0.15) is 31.4 Å². The molecular formula is C28H33BClF4N5OS. The zero-order chi connectivity index (χ0) is 29.0. The van der Waals surface area contributed by atoms with Gasteiger partial charge in [0.15, 0.2) is 0 Å². The Hall–Kier alpha value is -3.01. The number of rotatable bonds is 11. The summed E-state index contributed by atoms with van der Waals surface area (Å²) in [6, 6.07) is 8.66. The van der Waals surface area contributed by atoms with Crippen LogP contribution in [-0.2, 0) is 17.5 Å². The molecule has 2 aromatic carbocycles. The Morgan fingerprint density at radius 2 is 1.83 bits per heavy atom. The molecule has 4 rings (SSSR count). The first-order valence-electron chi connectivity index (χ1n) is 12.8. The zero-order valence-electron chi connectivity index (χ0n) is 21.7. The fourth-order valence-corrected chi connectivity index (χ4v) is 6.55. The predicted octanol–water partition coefficient (Wildman–Crippen LogP) is 6.17. The molecule has 0 aliphatic carbocycles. The average molecular weight is 610 g/mol. The normalized spacial score (nSPS) is 16.8. The Balaban J connectivity index is 0.00000462. The van der Waals surface area contributed by atoms with Crippen LogP contribution in [0.2, 0.25) is 17.7 Å². The Labute approximate surface area is 246 Å². The predicted molar refractivity (Wildman–Crippen MR) is 159 cm³/mol. The summed E-state index contributed by atoms with van der Waals surface area (Å²) in [4.78, 5) is 2.34. The summed E-state index contributed by atoms with van der Waals surface area (Å²) in [6.45, 7) is 8.45. The molecule has 0 aromatic heterocycles. The van der Waals surface area contributed by atoms with E-state index in [9.17, 15) is 17.4 Å². The van der Waals surface area contributed by atoms with Gasteiger partial charge in [0.25, 0.3) is 13.1 Å². The minimum absolute atomic E-state index is 0. The monoisotopic (exact) mass is 609 g/mol. The van der Waals surface area contributed by atoms with Crippen LogP contribution in [0.4, 0.5) is 23.2 Å². The molecule has 2 aliphatic rings. The van der Waals surface area contributed by atoms with Crippen LogP contribution in [-0.4, -0.2) is 46.6 Å². The van der Waals surface area contributed by atoms with Crippen LogP contribution in [0.3, 0.4) is 0 Å². The van der Waals surface area contributed by atoms with E-state index in [-0.39, 0.29) is 42.2 Å². The van der Waals surface area contributed by atoms with E-state index in [1.54, 1.807) is 6.07 Å². The third kappa shape index (κ3) is 7.84. The standard InChI is InChI=1S/C27H29BClF4N5OS.CH4/c1-17(35-36-18(2)27(32)33)19-3-4-20(26(31)11-19)15-38(21-5-6-25(30)24(29)12-21)40(39)23-7-9-37(10-8-23)22-13-28(14-22)16-34;/h3-6,11-12,22-23,27,35-36H,1-2,7-10,13-15H2;1H4. The molecule has 2 N–H and O–H groups in total. The SMILES string of the molecule is C.C=C(NNC(=C)C(F)F)c1ccc(CN(c2ccc(F)c(Cl)c2)S(=O)C2CCN(C3CB(C#N)C3)CC2)c(F)c1. The number of nitrogens with zero attached hydrogens (tertiary/aromatic N) is 3. The number of halogens is 5. The van der Waals surface area contributed by atoms with E-state index in [1.165, 1.54) is 34.6 Å². The van der Waals surface area contributed by atoms with Gasteiger partial charge in [-0.25, -0.2) is 27.0 Å². The Morgan fingerprint density at radius 3 is 2.41 bits per heavy atom. The Bertz CT molecular complexity index is 1330. The van der Waals surface area contributed by atoms with E-state index in [0.29, 0.717) is 30.1 Å². The minimum atomic E-state index is -2.78. The van der Waals surface area contributed by atoms with E-state index in [2.05, 4.69) is 34.9 Å². The maximum absolute atomic E-state index is 15.2. The number of nitriles is 1. The lowest BCUT2D eigenvalue weighted by Gasteiger charge is -2.43. The van der Waals surface area contributed by atoms with Gasteiger partial charge in [-0.3, -0.25) is 9.73 Å². The van der Waals surface area contributed by atoms with Crippen molar-refractivity contribution in [1.82, 2.24) is 15.8 Å². The topological polar surface area (TPSA) is 71.4 Å². The lowest BCUT2D eigenvalue weighted by atomic mass is 9.34. The maximum atomic E-state index is 15.2. The van der Waals surface area contributed by atoms with Crippen molar-refractivity contribution in [3.63, 3.8) is 0 Å². The van der Waals surface area contributed by atoms with Gasteiger partial charge in [0, 0.05) is 17.1 Å². The quantitative estimate of drug-likeness (QED) is 0.181. The third-order valence-electron chi connectivity index (χ3n) is 7.34. The summed E-state index contributed by atoms with van der Waals surface area (Å²) in [5, 5.41) is 8.72. The number of hydrogen-bond acceptors (Lipinski definition) is 5. The number of allylic oxidation sites excluding steroid dienone is 1. The van der Waals surface area contributed by atoms with Crippen LogP contribution >= 0.6 is 11.6 Å². The van der Waals surface area contributed by atoms with Crippen LogP contribution in [0.5, 0.6) is 0 Å². The second kappa shape index (κ2) is 14.3. The number of alkyl halides is 2. The maximum Gasteiger partial charge on any atom is 0.279 e. The van der Waals surface area contributed by atoms with E-state index in [0.717, 1.165) is 25.7 Å². The molecule has 1 unspecified atom stereocenters. The molecule has 13 heteroatoms. The van der Waals surface area contributed by atoms with Gasteiger partial charge in [0.05, 0.1) is 33.9 Å². The number of anilines is 1. The molecular weight excluding hydrogens is 577 g/mol. The van der Waals surface area contributed by atoms with E-state index < -0.39 is 34.7 Å². The summed E-state index contributed by atoms with van der Waals surface area (Å²) in [7, 11) is -1.58. The van der Waals surface area contributed by atoms with Crippen LogP contribution in [0.25, 0.3) is 5.70 Å². The molecule has 0 radical (unpaired) electrons. The number of nitrogens with one attached hydrogen (secondary N) is 2. The Morgan fingerprint density at radius 1 is 1.15 bits per heavy atom. The molecule has 2 fully saturated rings. The largest absolute Gasteiger partial charge is 0.302 e. The van der Waals surface area contributed by atoms with Crippen molar-refractivity contribution >= 4 is 40.7 Å². The minimum Gasteiger partial charge on any atom is -0.302 e. The summed E-state index contributed by atoms with van der Waals surface area (Å²) < 4.78 is 69.8. The molecule has 1 atom stereocenters. The second-order valence-corrected chi connectivity index (χ2v) is 12.0. The molecule has 2 heterocycles. The molecule has 220 valence electrons. The fourth-order valence-electron chi connectivity index (χ4n) is 4.81. The van der Waals surface area contributed by atoms with Gasteiger partial charge in [-0.1, -0.05) is 44.3 Å². The van der Waals surface area contributed by atoms with Crippen LogP contribution in [0, 0.1) is 22.9 Å². The third-order valence-corrected chi connectivity index (χ3v) is 9.44. The molecule has 0 spiro atoms. The van der Waals surface area contributed by atoms with Crippen LogP contribution in [0.15, 0.2) is 55.3 Å². The lowest BCUT2D eigenvalue weighted by Crippen LogP contribution is -2.52. The summed E-state index contributed by atoms with van der Waals surface area (Å²) in [5.74, 6) is 1.06. The average Bonchev–Trinajstić information content (AvgIpc) is 2.91. The number of likely N-dealkylation sites (tertiary alicyclic amines) is 1. The van der Waals surface area contributed by atoms with Crippen molar-refractivity contribution in [2.24, 2.45) is 0 Å². The molecule has 0 amide bonds. The van der Waals surface area contributed by atoms with Gasteiger partial charge in [0.1, 0.15) is 22.6 Å². The second-order valence-electron chi connectivity index (χ2n) is 9.96. The highest BCUT2D eigenvalue weighted by Gasteiger charge is 2.39. The molecule has 0 saturated carbocycles. The highest BCUT2D eigenvalue weighted by Crippen LogP contribution is 2.33. The lowest BCUT2D eigenvalue weighted by molar-refractivity contribution is 0.175. The highest BCUT2D eigenvalue weighted by molar-refractivity contribution is 7.87. The van der Waals surface area contributed by atoms with Gasteiger partial charge in [-0.2, -0.15) is 0 Å². The number of hydrogen-bond donors (Lipinski definition) is 2. The van der Waals surface area contributed by atoms with Crippen molar-refractivity contribution in [1.29, 1.82) is 5.26 Å². The first kappa shape index (κ1) is 32.5. The molecule has 2 saturated heterocycles. The smallest absolute Gasteiger partial charge is 0.279 e. The van der Waals surface area contributed by atoms with Crippen molar-refractivity contribution in [2.45, 2.75) is 57.2 Å².